The molecular weight excluding hydrogens is 520 g/mol. The molecule has 0 bridgehead atoms. The van der Waals surface area contributed by atoms with Gasteiger partial charge in [0.1, 0.15) is 11.5 Å². The summed E-state index contributed by atoms with van der Waals surface area (Å²) in [6.07, 6.45) is 2.03. The molecule has 0 radical (unpaired) electrons. The average Bonchev–Trinajstić information content (AvgIpc) is 2.97. The minimum atomic E-state index is -3.99. The van der Waals surface area contributed by atoms with Crippen molar-refractivity contribution >= 4 is 21.5 Å². The zero-order valence-electron chi connectivity index (χ0n) is 23.5. The Balaban J connectivity index is 0.00000260. The predicted octanol–water partition coefficient (Wildman–Crippen LogP) is 3.89. The number of nitrogens with two attached hydrogens (primary N) is 1. The summed E-state index contributed by atoms with van der Waals surface area (Å²) in [4.78, 5) is 26.8. The number of carbonyl (C=O) groups excluding carboxylic acids is 2. The number of amides is 1. The Labute approximate surface area is 232 Å². The summed E-state index contributed by atoms with van der Waals surface area (Å²) < 4.78 is 41.2. The van der Waals surface area contributed by atoms with Crippen molar-refractivity contribution < 1.29 is 32.2 Å². The van der Waals surface area contributed by atoms with Crippen molar-refractivity contribution in [3.05, 3.63) is 54.1 Å². The van der Waals surface area contributed by atoms with Gasteiger partial charge in [0, 0.05) is 38.7 Å². The van der Waals surface area contributed by atoms with Crippen molar-refractivity contribution in [3.63, 3.8) is 0 Å². The molecule has 1 aliphatic heterocycles. The third-order valence-corrected chi connectivity index (χ3v) is 9.38. The lowest BCUT2D eigenvalue weighted by Crippen LogP contribution is -2.57. The first-order valence-electron chi connectivity index (χ1n) is 13.4. The second-order valence-corrected chi connectivity index (χ2v) is 11.4. The molecule has 0 aromatic heterocycles. The van der Waals surface area contributed by atoms with Crippen molar-refractivity contribution in [1.82, 2.24) is 4.90 Å². The fourth-order valence-corrected chi connectivity index (χ4v) is 6.38. The number of unbranched alkanes of at least 4 members (excludes halogenated alkanes) is 1. The van der Waals surface area contributed by atoms with E-state index >= 15 is 0 Å². The van der Waals surface area contributed by atoms with Gasteiger partial charge in [-0.15, -0.1) is 0 Å². The van der Waals surface area contributed by atoms with E-state index in [0.29, 0.717) is 69.2 Å². The molecule has 1 saturated heterocycles. The van der Waals surface area contributed by atoms with Crippen molar-refractivity contribution in [3.8, 4) is 11.5 Å². The molecule has 10 heteroatoms. The molecule has 1 heterocycles. The van der Waals surface area contributed by atoms with E-state index in [1.165, 1.54) is 12.1 Å². The number of rotatable bonds is 14. The molecule has 1 aliphatic rings. The molecule has 2 N–H and O–H groups in total. The van der Waals surface area contributed by atoms with Crippen LogP contribution in [0.5, 0.6) is 11.5 Å². The van der Waals surface area contributed by atoms with E-state index < -0.39 is 20.5 Å². The number of sulfone groups is 1. The van der Waals surface area contributed by atoms with E-state index in [9.17, 15) is 18.0 Å². The number of Topliss-reactive ketones (excluding diaryl/α,β-unsaturated/α-hetero) is 1. The molecule has 2 aromatic carbocycles. The van der Waals surface area contributed by atoms with Crippen LogP contribution in [-0.4, -0.2) is 76.8 Å². The quantitative estimate of drug-likeness (QED) is 0.272. The number of methoxy groups -OCH3 is 2. The van der Waals surface area contributed by atoms with Crippen molar-refractivity contribution in [2.75, 3.05) is 47.1 Å². The van der Waals surface area contributed by atoms with E-state index in [1.807, 2.05) is 13.8 Å². The average molecular weight is 563 g/mol. The van der Waals surface area contributed by atoms with Crippen molar-refractivity contribution in [2.24, 2.45) is 5.73 Å². The SMILES string of the molecule is CC.COCCN1CCC(C(N)=O)(S(=O)(=O)c2ccc(OCCCCC(=O)c3ccc(OC)cc3)cc2)CC1. The fourth-order valence-electron chi connectivity index (χ4n) is 4.45. The molecular formula is C29H42N2O7S. The van der Waals surface area contributed by atoms with Crippen LogP contribution in [0.2, 0.25) is 0 Å². The lowest BCUT2D eigenvalue weighted by molar-refractivity contribution is -0.121. The normalized spacial score (nSPS) is 15.1. The number of likely N-dealkylation sites (tertiary alicyclic amines) is 1. The summed E-state index contributed by atoms with van der Waals surface area (Å²) in [6, 6.07) is 13.1. The van der Waals surface area contributed by atoms with Crippen LogP contribution >= 0.6 is 0 Å². The topological polar surface area (TPSA) is 125 Å². The van der Waals surface area contributed by atoms with Gasteiger partial charge in [-0.25, -0.2) is 8.42 Å². The van der Waals surface area contributed by atoms with Gasteiger partial charge in [0.25, 0.3) is 0 Å². The fraction of sp³-hybridized carbons (Fsp3) is 0.517. The Kier molecular flexibility index (Phi) is 12.9. The van der Waals surface area contributed by atoms with Gasteiger partial charge in [-0.1, -0.05) is 13.8 Å². The monoisotopic (exact) mass is 562 g/mol. The summed E-state index contributed by atoms with van der Waals surface area (Å²) >= 11 is 0. The number of hydrogen-bond acceptors (Lipinski definition) is 8. The lowest BCUT2D eigenvalue weighted by atomic mass is 9.95. The standard InChI is InChI=1S/C27H36N2O7S.C2H6/c1-34-20-18-29-16-14-27(15-17-29,26(28)31)37(32,33)24-12-10-23(11-13-24)36-19-4-3-5-25(30)21-6-8-22(35-2)9-7-21;1-2/h6-13H,3-5,14-20H2,1-2H3,(H2,28,31);1-2H3. The van der Waals surface area contributed by atoms with Gasteiger partial charge in [0.15, 0.2) is 20.4 Å². The summed E-state index contributed by atoms with van der Waals surface area (Å²) in [7, 11) is -0.796. The molecule has 2 aromatic rings. The molecule has 1 fully saturated rings. The van der Waals surface area contributed by atoms with Crippen LogP contribution in [0.1, 0.15) is 56.3 Å². The van der Waals surface area contributed by atoms with E-state index in [-0.39, 0.29) is 23.5 Å². The number of piperidine rings is 1. The van der Waals surface area contributed by atoms with Gasteiger partial charge in [-0.05, 0) is 74.2 Å². The molecule has 3 rings (SSSR count). The van der Waals surface area contributed by atoms with Crippen LogP contribution in [0, 0.1) is 0 Å². The van der Waals surface area contributed by atoms with Crippen LogP contribution in [0.4, 0.5) is 0 Å². The second-order valence-electron chi connectivity index (χ2n) is 9.13. The highest BCUT2D eigenvalue weighted by atomic mass is 32.2. The van der Waals surface area contributed by atoms with Gasteiger partial charge >= 0.3 is 0 Å². The van der Waals surface area contributed by atoms with Crippen LogP contribution in [0.15, 0.2) is 53.4 Å². The third-order valence-electron chi connectivity index (χ3n) is 6.85. The Morgan fingerprint density at radius 1 is 0.897 bits per heavy atom. The lowest BCUT2D eigenvalue weighted by Gasteiger charge is -2.38. The number of primary amides is 1. The van der Waals surface area contributed by atoms with Crippen LogP contribution in [0.3, 0.4) is 0 Å². The van der Waals surface area contributed by atoms with E-state index in [4.69, 9.17) is 19.9 Å². The Bertz CT molecular complexity index is 1140. The summed E-state index contributed by atoms with van der Waals surface area (Å²) in [5.41, 5.74) is 6.30. The van der Waals surface area contributed by atoms with Gasteiger partial charge in [0.2, 0.25) is 5.91 Å². The van der Waals surface area contributed by atoms with Gasteiger partial charge in [-0.3, -0.25) is 9.59 Å². The van der Waals surface area contributed by atoms with Crippen LogP contribution in [0.25, 0.3) is 0 Å². The molecule has 216 valence electrons. The predicted molar refractivity (Wildman–Crippen MR) is 151 cm³/mol. The number of carbonyl (C=O) groups is 2. The summed E-state index contributed by atoms with van der Waals surface area (Å²) in [5.74, 6) is 0.466. The maximum absolute atomic E-state index is 13.5. The first-order chi connectivity index (χ1) is 18.7. The zero-order chi connectivity index (χ0) is 28.9. The van der Waals surface area contributed by atoms with E-state index in [0.717, 1.165) is 0 Å². The highest BCUT2D eigenvalue weighted by Crippen LogP contribution is 2.36. The Hall–Kier alpha value is -2.95. The van der Waals surface area contributed by atoms with Gasteiger partial charge in [-0.2, -0.15) is 0 Å². The number of ether oxygens (including phenoxy) is 3. The van der Waals surface area contributed by atoms with E-state index in [1.54, 1.807) is 50.6 Å². The highest BCUT2D eigenvalue weighted by molar-refractivity contribution is 7.93. The van der Waals surface area contributed by atoms with Crippen molar-refractivity contribution in [2.45, 2.75) is 55.6 Å². The summed E-state index contributed by atoms with van der Waals surface area (Å²) in [5, 5.41) is 0. The van der Waals surface area contributed by atoms with E-state index in [2.05, 4.69) is 4.90 Å². The smallest absolute Gasteiger partial charge is 0.239 e. The molecule has 0 unspecified atom stereocenters. The molecule has 0 atom stereocenters. The Morgan fingerprint density at radius 3 is 2.03 bits per heavy atom. The van der Waals surface area contributed by atoms with Crippen molar-refractivity contribution in [1.29, 1.82) is 0 Å². The first-order valence-corrected chi connectivity index (χ1v) is 14.9. The molecule has 0 aliphatic carbocycles. The largest absolute Gasteiger partial charge is 0.497 e. The second kappa shape index (κ2) is 15.6. The minimum Gasteiger partial charge on any atom is -0.497 e. The van der Waals surface area contributed by atoms with Gasteiger partial charge < -0.3 is 24.8 Å². The maximum Gasteiger partial charge on any atom is 0.239 e. The number of ketones is 1. The van der Waals surface area contributed by atoms with Crippen LogP contribution in [-0.2, 0) is 19.4 Å². The first kappa shape index (κ1) is 32.3. The molecule has 0 saturated carbocycles. The molecule has 39 heavy (non-hydrogen) atoms. The zero-order valence-corrected chi connectivity index (χ0v) is 24.3. The van der Waals surface area contributed by atoms with Gasteiger partial charge in [0.05, 0.1) is 25.2 Å². The molecule has 0 spiro atoms. The minimum absolute atomic E-state index is 0.0501. The number of benzene rings is 2. The summed E-state index contributed by atoms with van der Waals surface area (Å²) in [6.45, 7) is 6.51. The Morgan fingerprint density at radius 2 is 1.49 bits per heavy atom. The third kappa shape index (κ3) is 8.27. The number of hydrogen-bond donors (Lipinski definition) is 1. The maximum atomic E-state index is 13.5. The van der Waals surface area contributed by atoms with Crippen LogP contribution < -0.4 is 15.2 Å². The number of nitrogens with zero attached hydrogens (tertiary/aromatic N) is 1. The molecule has 1 amide bonds. The highest BCUT2D eigenvalue weighted by Gasteiger charge is 2.51. The molecule has 9 nitrogen and oxygen atoms in total.